The average molecular weight is 258 g/mol. The summed E-state index contributed by atoms with van der Waals surface area (Å²) < 4.78 is 4.99. The quantitative estimate of drug-likeness (QED) is 0.723. The minimum absolute atomic E-state index is 0.0138. The van der Waals surface area contributed by atoms with Gasteiger partial charge in [0.1, 0.15) is 0 Å². The van der Waals surface area contributed by atoms with Crippen molar-refractivity contribution in [3.8, 4) is 0 Å². The van der Waals surface area contributed by atoms with Crippen LogP contribution in [-0.2, 0) is 9.53 Å². The van der Waals surface area contributed by atoms with E-state index in [0.29, 0.717) is 13.2 Å². The first-order valence-corrected chi connectivity index (χ1v) is 6.80. The smallest absolute Gasteiger partial charge is 0.234 e. The van der Waals surface area contributed by atoms with Gasteiger partial charge in [-0.25, -0.2) is 0 Å². The molecule has 0 aromatic rings. The highest BCUT2D eigenvalue weighted by Crippen LogP contribution is 2.15. The van der Waals surface area contributed by atoms with E-state index in [1.54, 1.807) is 7.11 Å². The number of nitrogens with zero attached hydrogens (tertiary/aromatic N) is 1. The Labute approximate surface area is 109 Å². The van der Waals surface area contributed by atoms with Gasteiger partial charge in [-0.2, -0.15) is 0 Å². The van der Waals surface area contributed by atoms with Crippen molar-refractivity contribution in [3.63, 3.8) is 0 Å². The lowest BCUT2D eigenvalue weighted by atomic mass is 10.1. The van der Waals surface area contributed by atoms with Crippen molar-refractivity contribution in [2.24, 2.45) is 0 Å². The van der Waals surface area contributed by atoms with Gasteiger partial charge in [0.05, 0.1) is 19.8 Å². The van der Waals surface area contributed by atoms with Gasteiger partial charge in [-0.15, -0.1) is 0 Å². The molecule has 5 heteroatoms. The summed E-state index contributed by atoms with van der Waals surface area (Å²) in [6.45, 7) is 3.86. The van der Waals surface area contributed by atoms with Crippen LogP contribution in [-0.4, -0.2) is 61.4 Å². The molecule has 106 valence electrons. The molecule has 1 heterocycles. The van der Waals surface area contributed by atoms with Gasteiger partial charge in [0.15, 0.2) is 0 Å². The molecular weight excluding hydrogens is 232 g/mol. The molecule has 0 aromatic heterocycles. The lowest BCUT2D eigenvalue weighted by Gasteiger charge is -2.28. The highest BCUT2D eigenvalue weighted by atomic mass is 16.5. The molecule has 1 saturated heterocycles. The molecule has 1 fully saturated rings. The number of aliphatic hydroxyl groups excluding tert-OH is 1. The maximum atomic E-state index is 11.9. The minimum atomic E-state index is 0.0138. The summed E-state index contributed by atoms with van der Waals surface area (Å²) in [7, 11) is 1.62. The molecule has 1 rings (SSSR count). The monoisotopic (exact) mass is 258 g/mol. The van der Waals surface area contributed by atoms with Crippen LogP contribution in [0.3, 0.4) is 0 Å². The Bertz CT molecular complexity index is 248. The van der Waals surface area contributed by atoms with Crippen LogP contribution in [0.4, 0.5) is 0 Å². The van der Waals surface area contributed by atoms with Gasteiger partial charge in [-0.3, -0.25) is 9.69 Å². The number of rotatable bonds is 6. The Balaban J connectivity index is 2.40. The molecule has 0 radical (unpaired) electrons. The maximum absolute atomic E-state index is 11.9. The Morgan fingerprint density at radius 2 is 2.28 bits per heavy atom. The third-order valence-corrected chi connectivity index (χ3v) is 3.38. The Morgan fingerprint density at radius 1 is 1.50 bits per heavy atom. The van der Waals surface area contributed by atoms with Gasteiger partial charge in [0.25, 0.3) is 0 Å². The first kappa shape index (κ1) is 15.4. The van der Waals surface area contributed by atoms with E-state index in [1.165, 1.54) is 6.42 Å². The molecule has 1 aliphatic heterocycles. The molecule has 1 aliphatic rings. The van der Waals surface area contributed by atoms with Crippen molar-refractivity contribution in [1.82, 2.24) is 10.2 Å². The molecule has 5 nitrogen and oxygen atoms in total. The van der Waals surface area contributed by atoms with Gasteiger partial charge >= 0.3 is 0 Å². The summed E-state index contributed by atoms with van der Waals surface area (Å²) in [5.74, 6) is 0.0138. The molecule has 0 bridgehead atoms. The second kappa shape index (κ2) is 8.45. The van der Waals surface area contributed by atoms with Crippen LogP contribution < -0.4 is 5.32 Å². The molecule has 18 heavy (non-hydrogen) atoms. The molecule has 2 atom stereocenters. The van der Waals surface area contributed by atoms with Crippen LogP contribution in [0, 0.1) is 0 Å². The Morgan fingerprint density at radius 3 is 2.94 bits per heavy atom. The molecule has 2 unspecified atom stereocenters. The van der Waals surface area contributed by atoms with Crippen LogP contribution >= 0.6 is 0 Å². The van der Waals surface area contributed by atoms with Crippen LogP contribution in [0.5, 0.6) is 0 Å². The van der Waals surface area contributed by atoms with E-state index < -0.39 is 0 Å². The van der Waals surface area contributed by atoms with E-state index >= 15 is 0 Å². The topological polar surface area (TPSA) is 61.8 Å². The zero-order valence-electron chi connectivity index (χ0n) is 11.5. The average Bonchev–Trinajstić information content (AvgIpc) is 2.54. The van der Waals surface area contributed by atoms with Crippen LogP contribution in [0.2, 0.25) is 0 Å². The molecule has 0 aromatic carbocycles. The number of methoxy groups -OCH3 is 1. The van der Waals surface area contributed by atoms with E-state index in [2.05, 4.69) is 10.2 Å². The van der Waals surface area contributed by atoms with Crippen molar-refractivity contribution in [2.75, 3.05) is 33.4 Å². The highest BCUT2D eigenvalue weighted by molar-refractivity contribution is 5.78. The van der Waals surface area contributed by atoms with Crippen molar-refractivity contribution in [2.45, 2.75) is 44.7 Å². The second-order valence-corrected chi connectivity index (χ2v) is 5.08. The fraction of sp³-hybridized carbons (Fsp3) is 0.923. The van der Waals surface area contributed by atoms with Crippen molar-refractivity contribution in [3.05, 3.63) is 0 Å². The van der Waals surface area contributed by atoms with E-state index in [-0.39, 0.29) is 24.6 Å². The van der Waals surface area contributed by atoms with E-state index in [9.17, 15) is 9.90 Å². The number of ether oxygens (including phenoxy) is 1. The summed E-state index contributed by atoms with van der Waals surface area (Å²) in [5, 5.41) is 12.3. The van der Waals surface area contributed by atoms with Crippen molar-refractivity contribution >= 4 is 5.91 Å². The van der Waals surface area contributed by atoms with Crippen LogP contribution in [0.25, 0.3) is 0 Å². The predicted octanol–water partition coefficient (Wildman–Crippen LogP) is 0.374. The highest BCUT2D eigenvalue weighted by Gasteiger charge is 2.22. The summed E-state index contributed by atoms with van der Waals surface area (Å²) in [6, 6.07) is 0.165. The molecule has 1 amide bonds. The number of hydrogen-bond donors (Lipinski definition) is 2. The largest absolute Gasteiger partial charge is 0.395 e. The minimum Gasteiger partial charge on any atom is -0.395 e. The number of nitrogens with one attached hydrogen (secondary N) is 1. The van der Waals surface area contributed by atoms with Gasteiger partial charge in [-0.05, 0) is 26.3 Å². The zero-order chi connectivity index (χ0) is 13.4. The lowest BCUT2D eigenvalue weighted by molar-refractivity contribution is -0.124. The van der Waals surface area contributed by atoms with Crippen LogP contribution in [0.1, 0.15) is 32.6 Å². The molecule has 2 N–H and O–H groups in total. The third-order valence-electron chi connectivity index (χ3n) is 3.38. The molecule has 0 saturated carbocycles. The van der Waals surface area contributed by atoms with E-state index in [1.807, 2.05) is 6.92 Å². The summed E-state index contributed by atoms with van der Waals surface area (Å²) >= 11 is 0. The van der Waals surface area contributed by atoms with E-state index in [4.69, 9.17) is 4.74 Å². The third kappa shape index (κ3) is 5.33. The number of carbonyl (C=O) groups is 1. The van der Waals surface area contributed by atoms with Crippen LogP contribution in [0.15, 0.2) is 0 Å². The predicted molar refractivity (Wildman–Crippen MR) is 70.4 cm³/mol. The normalized spacial score (nSPS) is 23.4. The number of likely N-dealkylation sites (tertiary alicyclic amines) is 1. The number of hydrogen-bond acceptors (Lipinski definition) is 4. The Hall–Kier alpha value is -0.650. The Kier molecular flexibility index (Phi) is 7.23. The molecule has 0 spiro atoms. The van der Waals surface area contributed by atoms with E-state index in [0.717, 1.165) is 25.8 Å². The van der Waals surface area contributed by atoms with Gasteiger partial charge in [-0.1, -0.05) is 12.8 Å². The standard InChI is InChI=1S/C13H26N2O3/c1-11(10-18-2)14-13(17)8-15-7-5-3-4-6-12(15)9-16/h11-12,16H,3-10H2,1-2H3,(H,14,17). The summed E-state index contributed by atoms with van der Waals surface area (Å²) in [4.78, 5) is 14.0. The van der Waals surface area contributed by atoms with Gasteiger partial charge in [0.2, 0.25) is 5.91 Å². The second-order valence-electron chi connectivity index (χ2n) is 5.08. The first-order chi connectivity index (χ1) is 8.67. The number of amides is 1. The van der Waals surface area contributed by atoms with Gasteiger partial charge < -0.3 is 15.2 Å². The summed E-state index contributed by atoms with van der Waals surface area (Å²) in [5.41, 5.74) is 0. The first-order valence-electron chi connectivity index (χ1n) is 6.80. The maximum Gasteiger partial charge on any atom is 0.234 e. The SMILES string of the molecule is COCC(C)NC(=O)CN1CCCCCC1CO. The fourth-order valence-electron chi connectivity index (χ4n) is 2.45. The zero-order valence-corrected chi connectivity index (χ0v) is 11.5. The van der Waals surface area contributed by atoms with Crippen molar-refractivity contribution < 1.29 is 14.6 Å². The number of carbonyl (C=O) groups excluding carboxylic acids is 1. The number of aliphatic hydroxyl groups is 1. The molecule has 0 aliphatic carbocycles. The molecular formula is C13H26N2O3. The van der Waals surface area contributed by atoms with Gasteiger partial charge in [0, 0.05) is 19.2 Å². The fourth-order valence-corrected chi connectivity index (χ4v) is 2.45. The van der Waals surface area contributed by atoms with Crippen molar-refractivity contribution in [1.29, 1.82) is 0 Å². The lowest BCUT2D eigenvalue weighted by Crippen LogP contribution is -2.46. The summed E-state index contributed by atoms with van der Waals surface area (Å²) in [6.07, 6.45) is 4.42.